The van der Waals surface area contributed by atoms with Crippen LogP contribution < -0.4 is 4.57 Å². The van der Waals surface area contributed by atoms with Gasteiger partial charge >= 0.3 is 0 Å². The van der Waals surface area contributed by atoms with Gasteiger partial charge in [0.15, 0.2) is 0 Å². The minimum absolute atomic E-state index is 0.465. The molecule has 2 aromatic carbocycles. The van der Waals surface area contributed by atoms with Crippen LogP contribution in [0.15, 0.2) is 66.9 Å². The molecule has 142 valence electrons. The van der Waals surface area contributed by atoms with Crippen LogP contribution in [0, 0.1) is 0 Å². The number of benzene rings is 2. The molecule has 0 amide bonds. The maximum Gasteiger partial charge on any atom is 0.261 e. The summed E-state index contributed by atoms with van der Waals surface area (Å²) in [6.07, 6.45) is 5.61. The molecule has 3 aromatic rings. The number of hydrogen-bond acceptors (Lipinski definition) is 0. The van der Waals surface area contributed by atoms with Crippen LogP contribution in [0.3, 0.4) is 0 Å². The van der Waals surface area contributed by atoms with Crippen molar-refractivity contribution in [3.05, 3.63) is 89.5 Å². The predicted octanol–water partition coefficient (Wildman–Crippen LogP) is 5.70. The Hall–Kier alpha value is -2.35. The molecule has 27 heavy (non-hydrogen) atoms. The van der Waals surface area contributed by atoms with Crippen molar-refractivity contribution in [3.63, 3.8) is 0 Å². The maximum absolute atomic E-state index is 2.58. The molecule has 0 saturated carbocycles. The number of nitrogens with zero attached hydrogens (tertiary/aromatic N) is 2. The second-order valence-electron chi connectivity index (χ2n) is 7.87. The van der Waals surface area contributed by atoms with Crippen molar-refractivity contribution in [1.82, 2.24) is 4.57 Å². The lowest BCUT2D eigenvalue weighted by Gasteiger charge is -2.11. The molecule has 3 rings (SSSR count). The van der Waals surface area contributed by atoms with Crippen LogP contribution in [0.1, 0.15) is 68.7 Å². The molecule has 0 bridgehead atoms. The summed E-state index contributed by atoms with van der Waals surface area (Å²) in [5, 5.41) is 0. The van der Waals surface area contributed by atoms with Gasteiger partial charge in [-0.15, -0.1) is 0 Å². The first-order valence-corrected chi connectivity index (χ1v) is 10.3. The van der Waals surface area contributed by atoms with Gasteiger partial charge in [0.1, 0.15) is 11.9 Å². The summed E-state index contributed by atoms with van der Waals surface area (Å²) in [5.41, 5.74) is 4.25. The van der Waals surface area contributed by atoms with Crippen LogP contribution in [0.5, 0.6) is 0 Å². The SMILES string of the molecule is CCC[n+]1c(CC(C)c2ccccc2)cn(C(C)C)c1Cc1ccccc1. The van der Waals surface area contributed by atoms with Gasteiger partial charge in [-0.05, 0) is 37.3 Å². The van der Waals surface area contributed by atoms with Crippen LogP contribution in [0.25, 0.3) is 0 Å². The van der Waals surface area contributed by atoms with E-state index in [1.54, 1.807) is 0 Å². The lowest BCUT2D eigenvalue weighted by molar-refractivity contribution is -0.710. The molecule has 1 atom stereocenters. The average Bonchev–Trinajstić information content (AvgIpc) is 3.01. The second-order valence-corrected chi connectivity index (χ2v) is 7.87. The molecule has 1 heterocycles. The van der Waals surface area contributed by atoms with Gasteiger partial charge in [0.2, 0.25) is 0 Å². The zero-order valence-corrected chi connectivity index (χ0v) is 17.2. The number of hydrogen-bond donors (Lipinski definition) is 0. The summed E-state index contributed by atoms with van der Waals surface area (Å²) in [4.78, 5) is 0. The Balaban J connectivity index is 1.96. The van der Waals surface area contributed by atoms with Crippen LogP contribution in [0.4, 0.5) is 0 Å². The van der Waals surface area contributed by atoms with Crippen molar-refractivity contribution >= 4 is 0 Å². The van der Waals surface area contributed by atoms with Gasteiger partial charge in [0.25, 0.3) is 5.82 Å². The number of aromatic nitrogens is 2. The predicted molar refractivity (Wildman–Crippen MR) is 113 cm³/mol. The molecule has 0 N–H and O–H groups in total. The lowest BCUT2D eigenvalue weighted by atomic mass is 9.96. The second kappa shape index (κ2) is 9.03. The Morgan fingerprint density at radius 2 is 1.52 bits per heavy atom. The van der Waals surface area contributed by atoms with Crippen LogP contribution >= 0.6 is 0 Å². The fourth-order valence-corrected chi connectivity index (χ4v) is 3.89. The zero-order valence-electron chi connectivity index (χ0n) is 17.2. The van der Waals surface area contributed by atoms with E-state index in [2.05, 4.69) is 104 Å². The van der Waals surface area contributed by atoms with E-state index in [1.165, 1.54) is 22.6 Å². The van der Waals surface area contributed by atoms with E-state index < -0.39 is 0 Å². The highest BCUT2D eigenvalue weighted by atomic mass is 15.2. The van der Waals surface area contributed by atoms with Crippen LogP contribution in [-0.4, -0.2) is 4.57 Å². The number of rotatable bonds is 8. The molecule has 0 aliphatic carbocycles. The third-order valence-corrected chi connectivity index (χ3v) is 5.34. The number of imidazole rings is 1. The minimum atomic E-state index is 0.465. The Morgan fingerprint density at radius 3 is 2.11 bits per heavy atom. The van der Waals surface area contributed by atoms with Crippen molar-refractivity contribution in [1.29, 1.82) is 0 Å². The van der Waals surface area contributed by atoms with Gasteiger partial charge in [-0.2, -0.15) is 0 Å². The van der Waals surface area contributed by atoms with Gasteiger partial charge < -0.3 is 0 Å². The summed E-state index contributed by atoms with van der Waals surface area (Å²) in [7, 11) is 0. The quantitative estimate of drug-likeness (QED) is 0.455. The third-order valence-electron chi connectivity index (χ3n) is 5.34. The zero-order chi connectivity index (χ0) is 19.2. The Morgan fingerprint density at radius 1 is 0.889 bits per heavy atom. The van der Waals surface area contributed by atoms with Crippen molar-refractivity contribution in [2.24, 2.45) is 0 Å². The molecule has 0 spiro atoms. The minimum Gasteiger partial charge on any atom is -0.232 e. The summed E-state index contributed by atoms with van der Waals surface area (Å²) < 4.78 is 5.06. The first-order chi connectivity index (χ1) is 13.1. The standard InChI is InChI=1S/C25H33N2/c1-5-16-26-24(17-21(4)23-14-10-7-11-15-23)19-27(20(2)3)25(26)18-22-12-8-6-9-13-22/h6-15,19-21H,5,16-18H2,1-4H3/q+1. The van der Waals surface area contributed by atoms with Crippen molar-refractivity contribution < 1.29 is 4.57 Å². The van der Waals surface area contributed by atoms with E-state index in [-0.39, 0.29) is 0 Å². The molecular formula is C25H33N2+. The summed E-state index contributed by atoms with van der Waals surface area (Å²) in [5.74, 6) is 1.94. The van der Waals surface area contributed by atoms with E-state index in [0.29, 0.717) is 12.0 Å². The van der Waals surface area contributed by atoms with Crippen molar-refractivity contribution in [3.8, 4) is 0 Å². The molecule has 0 aliphatic heterocycles. The van der Waals surface area contributed by atoms with Crippen LogP contribution in [-0.2, 0) is 19.4 Å². The van der Waals surface area contributed by atoms with Gasteiger partial charge in [0.05, 0.1) is 19.0 Å². The van der Waals surface area contributed by atoms with E-state index in [0.717, 1.165) is 25.8 Å². The highest BCUT2D eigenvalue weighted by Gasteiger charge is 2.26. The monoisotopic (exact) mass is 361 g/mol. The Bertz CT molecular complexity index is 832. The molecule has 0 fully saturated rings. The Kier molecular flexibility index (Phi) is 6.49. The maximum atomic E-state index is 2.58. The van der Waals surface area contributed by atoms with E-state index >= 15 is 0 Å². The van der Waals surface area contributed by atoms with Crippen LogP contribution in [0.2, 0.25) is 0 Å². The largest absolute Gasteiger partial charge is 0.261 e. The molecule has 0 saturated heterocycles. The Labute approximate surface area is 164 Å². The summed E-state index contributed by atoms with van der Waals surface area (Å²) in [6.45, 7) is 10.3. The molecule has 1 unspecified atom stereocenters. The summed E-state index contributed by atoms with van der Waals surface area (Å²) in [6, 6.07) is 22.2. The highest BCUT2D eigenvalue weighted by Crippen LogP contribution is 2.21. The van der Waals surface area contributed by atoms with Crippen molar-refractivity contribution in [2.75, 3.05) is 0 Å². The average molecular weight is 362 g/mol. The highest BCUT2D eigenvalue weighted by molar-refractivity contribution is 5.21. The fraction of sp³-hybridized carbons (Fsp3) is 0.400. The van der Waals surface area contributed by atoms with Gasteiger partial charge in [-0.1, -0.05) is 74.5 Å². The smallest absolute Gasteiger partial charge is 0.232 e. The fourth-order valence-electron chi connectivity index (χ4n) is 3.89. The van der Waals surface area contributed by atoms with E-state index in [4.69, 9.17) is 0 Å². The molecular weight excluding hydrogens is 328 g/mol. The van der Waals surface area contributed by atoms with Gasteiger partial charge in [0, 0.05) is 6.42 Å². The third kappa shape index (κ3) is 4.68. The normalized spacial score (nSPS) is 12.5. The first-order valence-electron chi connectivity index (χ1n) is 10.3. The topological polar surface area (TPSA) is 8.81 Å². The molecule has 1 aromatic heterocycles. The van der Waals surface area contributed by atoms with E-state index in [1.807, 2.05) is 0 Å². The van der Waals surface area contributed by atoms with Crippen molar-refractivity contribution in [2.45, 2.75) is 65.5 Å². The van der Waals surface area contributed by atoms with E-state index in [9.17, 15) is 0 Å². The molecule has 2 heteroatoms. The molecule has 0 aliphatic rings. The van der Waals surface area contributed by atoms with Gasteiger partial charge in [-0.3, -0.25) is 0 Å². The van der Waals surface area contributed by atoms with Gasteiger partial charge in [-0.25, -0.2) is 9.13 Å². The molecule has 2 nitrogen and oxygen atoms in total. The summed E-state index contributed by atoms with van der Waals surface area (Å²) >= 11 is 0. The lowest BCUT2D eigenvalue weighted by Crippen LogP contribution is -2.41. The first kappa shape index (κ1) is 19.4. The molecule has 0 radical (unpaired) electrons.